The van der Waals surface area contributed by atoms with E-state index in [-0.39, 0.29) is 31.0 Å². The van der Waals surface area contributed by atoms with Crippen LogP contribution >= 0.6 is 11.5 Å². The zero-order chi connectivity index (χ0) is 19.7. The minimum atomic E-state index is -3.93. The van der Waals surface area contributed by atoms with Crippen molar-refractivity contribution >= 4 is 39.3 Å². The van der Waals surface area contributed by atoms with Crippen molar-refractivity contribution in [3.8, 4) is 0 Å². The molecule has 146 valence electrons. The predicted octanol–water partition coefficient (Wildman–Crippen LogP) is -0.831. The van der Waals surface area contributed by atoms with Crippen LogP contribution in [0.2, 0.25) is 0 Å². The lowest BCUT2D eigenvalue weighted by Crippen LogP contribution is -2.43. The molecule has 0 unspecified atom stereocenters. The highest BCUT2D eigenvalue weighted by Crippen LogP contribution is 2.09. The molecule has 26 heavy (non-hydrogen) atoms. The summed E-state index contributed by atoms with van der Waals surface area (Å²) in [5, 5.41) is 6.44. The van der Waals surface area contributed by atoms with E-state index in [9.17, 15) is 22.8 Å². The van der Waals surface area contributed by atoms with E-state index in [1.807, 2.05) is 4.72 Å². The molecule has 0 spiro atoms. The Bertz CT molecular complexity index is 746. The number of carbonyl (C=O) groups is 3. The first kappa shape index (κ1) is 22.0. The lowest BCUT2D eigenvalue weighted by atomic mass is 10.3. The van der Waals surface area contributed by atoms with Crippen LogP contribution in [0.3, 0.4) is 0 Å². The molecule has 0 aliphatic rings. The van der Waals surface area contributed by atoms with E-state index in [0.717, 1.165) is 11.5 Å². The van der Waals surface area contributed by atoms with Gasteiger partial charge in [-0.2, -0.15) is 4.37 Å². The number of rotatable bonds is 10. The third-order valence-electron chi connectivity index (χ3n) is 3.07. The summed E-state index contributed by atoms with van der Waals surface area (Å²) in [7, 11) is -2.56. The third-order valence-corrected chi connectivity index (χ3v) is 5.22. The van der Waals surface area contributed by atoms with Gasteiger partial charge < -0.3 is 15.4 Å². The molecule has 1 aromatic heterocycles. The van der Waals surface area contributed by atoms with E-state index in [1.54, 1.807) is 6.92 Å². The zero-order valence-corrected chi connectivity index (χ0v) is 16.3. The van der Waals surface area contributed by atoms with Crippen LogP contribution in [0.25, 0.3) is 0 Å². The molecule has 0 aromatic carbocycles. The molecule has 0 aliphatic carbocycles. The van der Waals surface area contributed by atoms with Crippen molar-refractivity contribution in [3.63, 3.8) is 0 Å². The van der Waals surface area contributed by atoms with Gasteiger partial charge in [-0.15, -0.1) is 0 Å². The Morgan fingerprint density at radius 2 is 2.00 bits per heavy atom. The Labute approximate surface area is 155 Å². The SMILES string of the molecule is COCC(=O)NCCC(=O)N[C@H](C)CS(=O)(=O)NC(=O)c1csnc1C. The Morgan fingerprint density at radius 3 is 2.58 bits per heavy atom. The number of sulfonamides is 1. The van der Waals surface area contributed by atoms with E-state index < -0.39 is 33.6 Å². The van der Waals surface area contributed by atoms with Gasteiger partial charge >= 0.3 is 0 Å². The molecule has 0 fully saturated rings. The van der Waals surface area contributed by atoms with Crippen molar-refractivity contribution in [3.05, 3.63) is 16.6 Å². The van der Waals surface area contributed by atoms with E-state index >= 15 is 0 Å². The lowest BCUT2D eigenvalue weighted by Gasteiger charge is -2.15. The van der Waals surface area contributed by atoms with Gasteiger partial charge in [-0.05, 0) is 25.4 Å². The van der Waals surface area contributed by atoms with Crippen LogP contribution in [0.5, 0.6) is 0 Å². The highest BCUT2D eigenvalue weighted by atomic mass is 32.2. The van der Waals surface area contributed by atoms with Gasteiger partial charge in [0.1, 0.15) is 6.61 Å². The third kappa shape index (κ3) is 7.89. The summed E-state index contributed by atoms with van der Waals surface area (Å²) in [6.07, 6.45) is -0.00797. The van der Waals surface area contributed by atoms with Gasteiger partial charge in [-0.3, -0.25) is 14.4 Å². The maximum absolute atomic E-state index is 12.0. The number of methoxy groups -OCH3 is 1. The van der Waals surface area contributed by atoms with Gasteiger partial charge in [0.15, 0.2) is 0 Å². The second-order valence-corrected chi connectivity index (χ2v) is 7.92. The summed E-state index contributed by atoms with van der Waals surface area (Å²) in [6.45, 7) is 3.11. The molecule has 0 aliphatic heterocycles. The average molecular weight is 406 g/mol. The minimum absolute atomic E-state index is 0.00797. The van der Waals surface area contributed by atoms with Gasteiger partial charge in [0.05, 0.1) is 17.0 Å². The van der Waals surface area contributed by atoms with Crippen LogP contribution in [0.1, 0.15) is 29.4 Å². The molecule has 0 radical (unpaired) electrons. The van der Waals surface area contributed by atoms with Crippen LogP contribution in [-0.4, -0.2) is 62.6 Å². The van der Waals surface area contributed by atoms with Crippen molar-refractivity contribution in [1.82, 2.24) is 19.7 Å². The number of carbonyl (C=O) groups excluding carboxylic acids is 3. The van der Waals surface area contributed by atoms with Crippen molar-refractivity contribution in [1.29, 1.82) is 0 Å². The standard InChI is InChI=1S/C14H22N4O6S2/c1-9(16-12(19)4-5-15-13(20)6-24-3)8-26(22,23)18-14(21)11-7-25-17-10(11)2/h7,9H,4-6,8H2,1-3H3,(H,15,20)(H,16,19)(H,18,21)/t9-/m1/s1. The number of hydrogen-bond donors (Lipinski definition) is 3. The monoisotopic (exact) mass is 406 g/mol. The Morgan fingerprint density at radius 1 is 1.31 bits per heavy atom. The summed E-state index contributed by atoms with van der Waals surface area (Å²) in [5.74, 6) is -1.99. The summed E-state index contributed by atoms with van der Waals surface area (Å²) >= 11 is 1.05. The van der Waals surface area contributed by atoms with Crippen LogP contribution in [-0.2, 0) is 24.3 Å². The van der Waals surface area contributed by atoms with E-state index in [4.69, 9.17) is 0 Å². The molecule has 1 rings (SSSR count). The maximum Gasteiger partial charge on any atom is 0.267 e. The molecule has 3 N–H and O–H groups in total. The molecule has 0 saturated carbocycles. The molecule has 10 nitrogen and oxygen atoms in total. The number of nitrogens with one attached hydrogen (secondary N) is 3. The number of hydrogen-bond acceptors (Lipinski definition) is 8. The fraction of sp³-hybridized carbons (Fsp3) is 0.571. The maximum atomic E-state index is 12.0. The number of aryl methyl sites for hydroxylation is 1. The van der Waals surface area contributed by atoms with E-state index in [1.165, 1.54) is 19.4 Å². The Kier molecular flexibility index (Phi) is 8.61. The van der Waals surface area contributed by atoms with Crippen LogP contribution < -0.4 is 15.4 Å². The first-order valence-corrected chi connectivity index (χ1v) is 10.1. The molecule has 0 saturated heterocycles. The van der Waals surface area contributed by atoms with E-state index in [2.05, 4.69) is 19.7 Å². The highest BCUT2D eigenvalue weighted by Gasteiger charge is 2.22. The smallest absolute Gasteiger partial charge is 0.267 e. The lowest BCUT2D eigenvalue weighted by molar-refractivity contribution is -0.125. The van der Waals surface area contributed by atoms with Gasteiger partial charge in [0.25, 0.3) is 5.91 Å². The topological polar surface area (TPSA) is 144 Å². The highest BCUT2D eigenvalue weighted by molar-refractivity contribution is 7.90. The number of ether oxygens (including phenoxy) is 1. The largest absolute Gasteiger partial charge is 0.375 e. The molecule has 1 heterocycles. The minimum Gasteiger partial charge on any atom is -0.375 e. The number of amides is 3. The fourth-order valence-corrected chi connectivity index (χ4v) is 3.87. The summed E-state index contributed by atoms with van der Waals surface area (Å²) in [6, 6.07) is -0.718. The second-order valence-electron chi connectivity index (χ2n) is 5.53. The molecular formula is C14H22N4O6S2. The van der Waals surface area contributed by atoms with Crippen molar-refractivity contribution in [2.75, 3.05) is 26.0 Å². The van der Waals surface area contributed by atoms with Gasteiger partial charge in [0, 0.05) is 31.5 Å². The summed E-state index contributed by atoms with van der Waals surface area (Å²) < 4.78 is 34.6. The normalized spacial score (nSPS) is 12.3. The quantitative estimate of drug-likeness (QED) is 0.460. The van der Waals surface area contributed by atoms with Crippen molar-refractivity contribution < 1.29 is 27.5 Å². The zero-order valence-electron chi connectivity index (χ0n) is 14.7. The fourth-order valence-electron chi connectivity index (χ4n) is 1.96. The molecule has 1 aromatic rings. The van der Waals surface area contributed by atoms with Gasteiger partial charge in [-0.25, -0.2) is 13.1 Å². The number of aromatic nitrogens is 1. The Hall–Kier alpha value is -2.05. The van der Waals surface area contributed by atoms with Crippen molar-refractivity contribution in [2.45, 2.75) is 26.3 Å². The number of nitrogens with zero attached hydrogens (tertiary/aromatic N) is 1. The Balaban J connectivity index is 2.41. The first-order chi connectivity index (χ1) is 12.1. The van der Waals surface area contributed by atoms with Crippen molar-refractivity contribution in [2.24, 2.45) is 0 Å². The molecule has 1 atom stereocenters. The molecule has 12 heteroatoms. The van der Waals surface area contributed by atoms with Crippen LogP contribution in [0.15, 0.2) is 5.38 Å². The van der Waals surface area contributed by atoms with Crippen LogP contribution in [0.4, 0.5) is 0 Å². The average Bonchev–Trinajstić information content (AvgIpc) is 2.92. The van der Waals surface area contributed by atoms with Gasteiger partial charge in [-0.1, -0.05) is 0 Å². The molecule has 0 bridgehead atoms. The second kappa shape index (κ2) is 10.2. The van der Waals surface area contributed by atoms with E-state index in [0.29, 0.717) is 5.69 Å². The summed E-state index contributed by atoms with van der Waals surface area (Å²) in [4.78, 5) is 34.9. The predicted molar refractivity (Wildman–Crippen MR) is 95.2 cm³/mol. The molecule has 3 amide bonds. The first-order valence-electron chi connectivity index (χ1n) is 7.65. The molecular weight excluding hydrogens is 384 g/mol. The van der Waals surface area contributed by atoms with Crippen LogP contribution in [0, 0.1) is 6.92 Å². The summed E-state index contributed by atoms with van der Waals surface area (Å²) in [5.41, 5.74) is 0.640. The van der Waals surface area contributed by atoms with Gasteiger partial charge in [0.2, 0.25) is 21.8 Å².